The summed E-state index contributed by atoms with van der Waals surface area (Å²) in [7, 11) is 0. The minimum absolute atomic E-state index is 0.0165. The largest absolute Gasteiger partial charge is 0.350 e. The van der Waals surface area contributed by atoms with E-state index < -0.39 is 0 Å². The molecule has 160 valence electrons. The molecule has 1 N–H and O–H groups in total. The molecular weight excluding hydrogens is 402 g/mol. The predicted octanol–water partition coefficient (Wildman–Crippen LogP) is 3.56. The second-order valence-electron chi connectivity index (χ2n) is 7.78. The highest BCUT2D eigenvalue weighted by Gasteiger charge is 2.19. The quantitative estimate of drug-likeness (QED) is 0.479. The molecule has 0 saturated heterocycles. The predicted molar refractivity (Wildman–Crippen MR) is 124 cm³/mol. The van der Waals surface area contributed by atoms with Crippen LogP contribution in [-0.4, -0.2) is 21.2 Å². The summed E-state index contributed by atoms with van der Waals surface area (Å²) in [6.45, 7) is 4.07. The Morgan fingerprint density at radius 2 is 1.66 bits per heavy atom. The second-order valence-corrected chi connectivity index (χ2v) is 7.78. The molecule has 0 unspecified atom stereocenters. The molecule has 2 aromatic carbocycles. The molecule has 0 fully saturated rings. The first-order valence-corrected chi connectivity index (χ1v) is 10.3. The van der Waals surface area contributed by atoms with Gasteiger partial charge in [-0.05, 0) is 31.5 Å². The van der Waals surface area contributed by atoms with E-state index in [0.717, 1.165) is 11.1 Å². The zero-order valence-corrected chi connectivity index (χ0v) is 18.0. The number of carbonyl (C=O) groups is 2. The number of pyridine rings is 2. The fraction of sp³-hybridized carbons (Fsp3) is 0.154. The minimum Gasteiger partial charge on any atom is -0.350 e. The summed E-state index contributed by atoms with van der Waals surface area (Å²) in [6, 6.07) is 20.0. The molecule has 4 aromatic rings. The van der Waals surface area contributed by atoms with Crippen molar-refractivity contribution < 1.29 is 9.59 Å². The van der Waals surface area contributed by atoms with E-state index >= 15 is 0 Å². The number of aromatic nitrogens is 2. The Bertz CT molecular complexity index is 1360. The number of benzene rings is 2. The van der Waals surface area contributed by atoms with Gasteiger partial charge in [0.2, 0.25) is 11.3 Å². The average Bonchev–Trinajstić information content (AvgIpc) is 2.80. The van der Waals surface area contributed by atoms with E-state index in [2.05, 4.69) is 10.3 Å². The van der Waals surface area contributed by atoms with E-state index in [9.17, 15) is 14.4 Å². The van der Waals surface area contributed by atoms with Gasteiger partial charge >= 0.3 is 0 Å². The number of ketones is 1. The molecule has 0 saturated carbocycles. The number of nitrogens with zero attached hydrogens (tertiary/aromatic N) is 2. The van der Waals surface area contributed by atoms with Crippen LogP contribution < -0.4 is 10.7 Å². The number of hydrogen-bond donors (Lipinski definition) is 1. The molecule has 32 heavy (non-hydrogen) atoms. The highest BCUT2D eigenvalue weighted by atomic mass is 16.2. The standard InChI is InChI=1S/C26H23N3O3/c1-17-8-11-20(12-9-17)24(31)22-15-29(26-21(25(22)32)13-10-18(2)28-26)16-23(30)27-14-19-6-4-3-5-7-19/h3-13,15H,14,16H2,1-2H3,(H,27,30). The number of rotatable bonds is 6. The van der Waals surface area contributed by atoms with Gasteiger partial charge in [-0.2, -0.15) is 0 Å². The van der Waals surface area contributed by atoms with Crippen molar-refractivity contribution >= 4 is 22.7 Å². The molecule has 6 nitrogen and oxygen atoms in total. The lowest BCUT2D eigenvalue weighted by Gasteiger charge is -2.13. The van der Waals surface area contributed by atoms with Crippen LogP contribution in [0.5, 0.6) is 0 Å². The summed E-state index contributed by atoms with van der Waals surface area (Å²) >= 11 is 0. The van der Waals surface area contributed by atoms with Gasteiger partial charge in [0.05, 0.1) is 10.9 Å². The third kappa shape index (κ3) is 4.49. The lowest BCUT2D eigenvalue weighted by molar-refractivity contribution is -0.121. The highest BCUT2D eigenvalue weighted by Crippen LogP contribution is 2.14. The van der Waals surface area contributed by atoms with Gasteiger partial charge in [0.15, 0.2) is 5.78 Å². The molecule has 0 aliphatic carbocycles. The summed E-state index contributed by atoms with van der Waals surface area (Å²) in [5, 5.41) is 3.19. The first-order valence-electron chi connectivity index (χ1n) is 10.3. The monoisotopic (exact) mass is 425 g/mol. The van der Waals surface area contributed by atoms with Gasteiger partial charge in [-0.15, -0.1) is 0 Å². The van der Waals surface area contributed by atoms with E-state index in [1.807, 2.05) is 56.3 Å². The van der Waals surface area contributed by atoms with Crippen LogP contribution in [0.3, 0.4) is 0 Å². The van der Waals surface area contributed by atoms with Gasteiger partial charge in [0.25, 0.3) is 0 Å². The fourth-order valence-corrected chi connectivity index (χ4v) is 3.51. The van der Waals surface area contributed by atoms with Gasteiger partial charge < -0.3 is 9.88 Å². The zero-order valence-electron chi connectivity index (χ0n) is 18.0. The smallest absolute Gasteiger partial charge is 0.240 e. The average molecular weight is 425 g/mol. The minimum atomic E-state index is -0.390. The number of amides is 1. The topological polar surface area (TPSA) is 81.1 Å². The van der Waals surface area contributed by atoms with Crippen LogP contribution in [0.1, 0.15) is 32.7 Å². The van der Waals surface area contributed by atoms with Crippen LogP contribution in [-0.2, 0) is 17.9 Å². The molecule has 0 spiro atoms. The fourth-order valence-electron chi connectivity index (χ4n) is 3.51. The molecule has 0 aliphatic rings. The third-order valence-corrected chi connectivity index (χ3v) is 5.27. The second kappa shape index (κ2) is 8.98. The first kappa shape index (κ1) is 21.2. The normalized spacial score (nSPS) is 10.8. The van der Waals surface area contributed by atoms with Crippen molar-refractivity contribution in [2.45, 2.75) is 26.9 Å². The van der Waals surface area contributed by atoms with Crippen molar-refractivity contribution in [2.24, 2.45) is 0 Å². The maximum Gasteiger partial charge on any atom is 0.240 e. The Morgan fingerprint density at radius 1 is 0.938 bits per heavy atom. The molecule has 4 rings (SSSR count). The van der Waals surface area contributed by atoms with Crippen LogP contribution in [0, 0.1) is 13.8 Å². The molecule has 2 heterocycles. The van der Waals surface area contributed by atoms with E-state index in [-0.39, 0.29) is 29.2 Å². The van der Waals surface area contributed by atoms with Crippen molar-refractivity contribution in [3.8, 4) is 0 Å². The molecule has 1 amide bonds. The number of fused-ring (bicyclic) bond motifs is 1. The molecule has 6 heteroatoms. The lowest BCUT2D eigenvalue weighted by Crippen LogP contribution is -2.29. The van der Waals surface area contributed by atoms with Crippen LogP contribution in [0.4, 0.5) is 0 Å². The Balaban J connectivity index is 1.70. The summed E-state index contributed by atoms with van der Waals surface area (Å²) < 4.78 is 1.57. The summed E-state index contributed by atoms with van der Waals surface area (Å²) in [5.41, 5.74) is 3.15. The van der Waals surface area contributed by atoms with E-state index in [1.165, 1.54) is 6.20 Å². The van der Waals surface area contributed by atoms with Crippen LogP contribution in [0.25, 0.3) is 11.0 Å². The Hall–Kier alpha value is -4.06. The van der Waals surface area contributed by atoms with Crippen LogP contribution in [0.2, 0.25) is 0 Å². The summed E-state index contributed by atoms with van der Waals surface area (Å²) in [4.78, 5) is 43.3. The molecule has 2 aromatic heterocycles. The molecule has 0 atom stereocenters. The number of nitrogens with one attached hydrogen (secondary N) is 1. The van der Waals surface area contributed by atoms with Crippen molar-refractivity contribution in [2.75, 3.05) is 0 Å². The zero-order chi connectivity index (χ0) is 22.7. The van der Waals surface area contributed by atoms with Crippen molar-refractivity contribution in [1.29, 1.82) is 0 Å². The van der Waals surface area contributed by atoms with E-state index in [4.69, 9.17) is 0 Å². The van der Waals surface area contributed by atoms with E-state index in [1.54, 1.807) is 28.8 Å². The summed E-state index contributed by atoms with van der Waals surface area (Å²) in [5.74, 6) is -0.619. The van der Waals surface area contributed by atoms with E-state index in [0.29, 0.717) is 28.8 Å². The Kier molecular flexibility index (Phi) is 5.94. The van der Waals surface area contributed by atoms with Crippen LogP contribution in [0.15, 0.2) is 77.7 Å². The first-order chi connectivity index (χ1) is 15.4. The molecule has 0 bridgehead atoms. The number of hydrogen-bond acceptors (Lipinski definition) is 4. The van der Waals surface area contributed by atoms with Gasteiger partial charge in [-0.25, -0.2) is 4.98 Å². The lowest BCUT2D eigenvalue weighted by atomic mass is 10.0. The van der Waals surface area contributed by atoms with Crippen molar-refractivity contribution in [3.05, 3.63) is 111 Å². The molecule has 0 aliphatic heterocycles. The molecular formula is C26H23N3O3. The SMILES string of the molecule is Cc1ccc(C(=O)c2cn(CC(=O)NCc3ccccc3)c3nc(C)ccc3c2=O)cc1. The maximum absolute atomic E-state index is 13.1. The third-order valence-electron chi connectivity index (χ3n) is 5.27. The van der Waals surface area contributed by atoms with Crippen molar-refractivity contribution in [3.63, 3.8) is 0 Å². The maximum atomic E-state index is 13.1. The molecule has 0 radical (unpaired) electrons. The van der Waals surface area contributed by atoms with Crippen molar-refractivity contribution in [1.82, 2.24) is 14.9 Å². The van der Waals surface area contributed by atoms with Gasteiger partial charge in [0, 0.05) is 24.0 Å². The van der Waals surface area contributed by atoms with Gasteiger partial charge in [-0.1, -0.05) is 60.2 Å². The number of aryl methyl sites for hydroxylation is 2. The highest BCUT2D eigenvalue weighted by molar-refractivity contribution is 6.10. The van der Waals surface area contributed by atoms with Gasteiger partial charge in [-0.3, -0.25) is 14.4 Å². The Labute approximate surface area is 185 Å². The summed E-state index contributed by atoms with van der Waals surface area (Å²) in [6.07, 6.45) is 1.45. The van der Waals surface area contributed by atoms with Gasteiger partial charge in [0.1, 0.15) is 12.2 Å². The Morgan fingerprint density at radius 3 is 2.38 bits per heavy atom. The number of carbonyl (C=O) groups excluding carboxylic acids is 2. The van der Waals surface area contributed by atoms with Crippen LogP contribution >= 0.6 is 0 Å².